The zero-order valence-electron chi connectivity index (χ0n) is 12.4. The van der Waals surface area contributed by atoms with Crippen LogP contribution in [0.15, 0.2) is 24.3 Å². The van der Waals surface area contributed by atoms with Gasteiger partial charge in [-0.25, -0.2) is 0 Å². The van der Waals surface area contributed by atoms with Crippen LogP contribution in [0.2, 0.25) is 0 Å². The van der Waals surface area contributed by atoms with Gasteiger partial charge in [-0.1, -0.05) is 53.0 Å². The molecule has 0 bridgehead atoms. The molecule has 1 nitrogen and oxygen atoms in total. The molecule has 1 saturated carbocycles. The first-order chi connectivity index (χ1) is 9.72. The highest BCUT2D eigenvalue weighted by molar-refractivity contribution is 9.09. The van der Waals surface area contributed by atoms with E-state index in [9.17, 15) is 0 Å². The first-order valence-electron chi connectivity index (χ1n) is 8.02. The Labute approximate surface area is 131 Å². The van der Waals surface area contributed by atoms with Crippen LogP contribution in [0.25, 0.3) is 0 Å². The van der Waals surface area contributed by atoms with Crippen molar-refractivity contribution in [2.24, 2.45) is 0 Å². The quantitative estimate of drug-likeness (QED) is 0.673. The molecule has 20 heavy (non-hydrogen) atoms. The van der Waals surface area contributed by atoms with E-state index in [1.807, 2.05) is 0 Å². The van der Waals surface area contributed by atoms with Gasteiger partial charge in [0.2, 0.25) is 0 Å². The van der Waals surface area contributed by atoms with Crippen LogP contribution in [0.4, 0.5) is 0 Å². The number of halogens is 1. The van der Waals surface area contributed by atoms with Crippen LogP contribution in [-0.2, 0) is 4.74 Å². The SMILES string of the molecule is Cc1ccccc1C(CBr)CC1CCC2(CCCC2)O1. The van der Waals surface area contributed by atoms with Crippen molar-refractivity contribution in [1.82, 2.24) is 0 Å². The van der Waals surface area contributed by atoms with Crippen LogP contribution in [0.3, 0.4) is 0 Å². The molecular formula is C18H25BrO. The topological polar surface area (TPSA) is 9.23 Å². The fourth-order valence-electron chi connectivity index (χ4n) is 4.08. The van der Waals surface area contributed by atoms with Gasteiger partial charge in [0.05, 0.1) is 11.7 Å². The lowest BCUT2D eigenvalue weighted by molar-refractivity contribution is -0.0404. The molecule has 0 N–H and O–H groups in total. The molecule has 1 saturated heterocycles. The molecule has 1 heterocycles. The van der Waals surface area contributed by atoms with E-state index in [-0.39, 0.29) is 5.60 Å². The number of rotatable bonds is 4. The lowest BCUT2D eigenvalue weighted by Gasteiger charge is -2.26. The minimum Gasteiger partial charge on any atom is -0.372 e. The number of hydrogen-bond donors (Lipinski definition) is 0. The summed E-state index contributed by atoms with van der Waals surface area (Å²) < 4.78 is 6.48. The molecule has 1 aromatic rings. The Bertz CT molecular complexity index is 450. The monoisotopic (exact) mass is 336 g/mol. The molecule has 2 fully saturated rings. The average Bonchev–Trinajstić information content (AvgIpc) is 3.08. The summed E-state index contributed by atoms with van der Waals surface area (Å²) in [4.78, 5) is 0. The third-order valence-corrected chi connectivity index (χ3v) is 6.00. The Morgan fingerprint density at radius 3 is 2.70 bits per heavy atom. The fourth-order valence-corrected chi connectivity index (χ4v) is 4.70. The molecular weight excluding hydrogens is 312 g/mol. The molecule has 1 aromatic carbocycles. The van der Waals surface area contributed by atoms with Crippen molar-refractivity contribution < 1.29 is 4.74 Å². The maximum atomic E-state index is 6.48. The second-order valence-corrected chi connectivity index (χ2v) is 7.26. The summed E-state index contributed by atoms with van der Waals surface area (Å²) in [5.41, 5.74) is 3.17. The molecule has 0 radical (unpaired) electrons. The highest BCUT2D eigenvalue weighted by Crippen LogP contribution is 2.45. The van der Waals surface area contributed by atoms with E-state index in [0.717, 1.165) is 11.8 Å². The lowest BCUT2D eigenvalue weighted by Crippen LogP contribution is -2.25. The largest absolute Gasteiger partial charge is 0.372 e. The number of alkyl halides is 1. The number of benzene rings is 1. The predicted octanol–water partition coefficient (Wildman–Crippen LogP) is 5.36. The smallest absolute Gasteiger partial charge is 0.0687 e. The molecule has 0 amide bonds. The number of hydrogen-bond acceptors (Lipinski definition) is 1. The number of ether oxygens (including phenoxy) is 1. The van der Waals surface area contributed by atoms with Crippen LogP contribution in [0.1, 0.15) is 62.0 Å². The maximum Gasteiger partial charge on any atom is 0.0687 e. The first kappa shape index (κ1) is 14.6. The highest BCUT2D eigenvalue weighted by Gasteiger charge is 2.42. The second-order valence-electron chi connectivity index (χ2n) is 6.61. The highest BCUT2D eigenvalue weighted by atomic mass is 79.9. The molecule has 1 aliphatic carbocycles. The summed E-state index contributed by atoms with van der Waals surface area (Å²) in [5, 5.41) is 1.03. The van der Waals surface area contributed by atoms with E-state index in [2.05, 4.69) is 47.1 Å². The van der Waals surface area contributed by atoms with E-state index >= 15 is 0 Å². The summed E-state index contributed by atoms with van der Waals surface area (Å²) >= 11 is 3.71. The molecule has 110 valence electrons. The molecule has 1 aliphatic heterocycles. The van der Waals surface area contributed by atoms with Gasteiger partial charge in [0.15, 0.2) is 0 Å². The van der Waals surface area contributed by atoms with Gasteiger partial charge >= 0.3 is 0 Å². The van der Waals surface area contributed by atoms with Crippen LogP contribution >= 0.6 is 15.9 Å². The van der Waals surface area contributed by atoms with Gasteiger partial charge in [-0.3, -0.25) is 0 Å². The second kappa shape index (κ2) is 6.19. The van der Waals surface area contributed by atoms with Crippen molar-refractivity contribution in [1.29, 1.82) is 0 Å². The lowest BCUT2D eigenvalue weighted by atomic mass is 9.90. The molecule has 3 rings (SSSR count). The molecule has 1 spiro atoms. The Kier molecular flexibility index (Phi) is 4.52. The van der Waals surface area contributed by atoms with Gasteiger partial charge in [0, 0.05) is 5.33 Å². The van der Waals surface area contributed by atoms with Crippen molar-refractivity contribution in [3.63, 3.8) is 0 Å². The predicted molar refractivity (Wildman–Crippen MR) is 87.6 cm³/mol. The summed E-state index contributed by atoms with van der Waals surface area (Å²) in [5.74, 6) is 0.581. The van der Waals surface area contributed by atoms with Crippen LogP contribution < -0.4 is 0 Å². The van der Waals surface area contributed by atoms with Gasteiger partial charge < -0.3 is 4.74 Å². The van der Waals surface area contributed by atoms with Crippen molar-refractivity contribution in [3.05, 3.63) is 35.4 Å². The van der Waals surface area contributed by atoms with Crippen molar-refractivity contribution >= 4 is 15.9 Å². The molecule has 0 aromatic heterocycles. The van der Waals surface area contributed by atoms with Crippen LogP contribution in [0, 0.1) is 6.92 Å². The van der Waals surface area contributed by atoms with Gasteiger partial charge in [-0.05, 0) is 56.1 Å². The van der Waals surface area contributed by atoms with Gasteiger partial charge in [0.25, 0.3) is 0 Å². The maximum absolute atomic E-state index is 6.48. The molecule has 2 unspecified atom stereocenters. The standard InChI is InChI=1S/C18H25BrO/c1-14-6-2-3-7-17(14)15(13-19)12-16-8-11-18(20-16)9-4-5-10-18/h2-3,6-7,15-16H,4-5,8-13H2,1H3. The van der Waals surface area contributed by atoms with Crippen LogP contribution in [-0.4, -0.2) is 17.0 Å². The Morgan fingerprint density at radius 1 is 1.25 bits per heavy atom. The van der Waals surface area contributed by atoms with Crippen LogP contribution in [0.5, 0.6) is 0 Å². The van der Waals surface area contributed by atoms with E-state index in [1.165, 1.54) is 49.7 Å². The van der Waals surface area contributed by atoms with Crippen molar-refractivity contribution in [2.45, 2.75) is 69.5 Å². The summed E-state index contributed by atoms with van der Waals surface area (Å²) in [6, 6.07) is 8.79. The summed E-state index contributed by atoms with van der Waals surface area (Å²) in [7, 11) is 0. The minimum atomic E-state index is 0.271. The third kappa shape index (κ3) is 2.96. The zero-order valence-corrected chi connectivity index (χ0v) is 14.0. The zero-order chi connectivity index (χ0) is 14.0. The van der Waals surface area contributed by atoms with E-state index < -0.39 is 0 Å². The third-order valence-electron chi connectivity index (χ3n) is 5.22. The minimum absolute atomic E-state index is 0.271. The molecule has 2 atom stereocenters. The summed E-state index contributed by atoms with van der Waals surface area (Å²) in [6.07, 6.45) is 9.52. The van der Waals surface area contributed by atoms with Gasteiger partial charge in [-0.15, -0.1) is 0 Å². The molecule has 2 aliphatic rings. The Balaban J connectivity index is 1.66. The molecule has 2 heteroatoms. The Morgan fingerprint density at radius 2 is 2.00 bits per heavy atom. The fraction of sp³-hybridized carbons (Fsp3) is 0.667. The van der Waals surface area contributed by atoms with E-state index in [4.69, 9.17) is 4.74 Å². The van der Waals surface area contributed by atoms with Gasteiger partial charge in [0.1, 0.15) is 0 Å². The Hall–Kier alpha value is -0.340. The van der Waals surface area contributed by atoms with E-state index in [1.54, 1.807) is 0 Å². The van der Waals surface area contributed by atoms with Crippen molar-refractivity contribution in [3.8, 4) is 0 Å². The average molecular weight is 337 g/mol. The summed E-state index contributed by atoms with van der Waals surface area (Å²) in [6.45, 7) is 2.22. The van der Waals surface area contributed by atoms with Gasteiger partial charge in [-0.2, -0.15) is 0 Å². The first-order valence-corrected chi connectivity index (χ1v) is 9.14. The number of aryl methyl sites for hydroxylation is 1. The van der Waals surface area contributed by atoms with Crippen molar-refractivity contribution in [2.75, 3.05) is 5.33 Å². The van der Waals surface area contributed by atoms with E-state index in [0.29, 0.717) is 12.0 Å². The normalized spacial score (nSPS) is 26.2.